The van der Waals surface area contributed by atoms with Gasteiger partial charge < -0.3 is 5.11 Å². The lowest BCUT2D eigenvalue weighted by Crippen LogP contribution is -2.49. The zero-order valence-electron chi connectivity index (χ0n) is 12.5. The van der Waals surface area contributed by atoms with E-state index in [1.54, 1.807) is 0 Å². The molecule has 20 heavy (non-hydrogen) atoms. The van der Waals surface area contributed by atoms with Crippen molar-refractivity contribution in [1.29, 1.82) is 0 Å². The minimum atomic E-state index is -0.693. The van der Waals surface area contributed by atoms with Crippen LogP contribution in [-0.2, 0) is 17.8 Å². The Labute approximate surface area is 121 Å². The molecule has 1 aliphatic rings. The quantitative estimate of drug-likeness (QED) is 0.808. The summed E-state index contributed by atoms with van der Waals surface area (Å²) in [6, 6.07) is 8.18. The van der Waals surface area contributed by atoms with E-state index < -0.39 is 5.97 Å². The van der Waals surface area contributed by atoms with Crippen molar-refractivity contribution in [2.24, 2.45) is 0 Å². The van der Waals surface area contributed by atoms with Crippen LogP contribution in [0.2, 0.25) is 0 Å². The second kappa shape index (κ2) is 6.89. The third-order valence-corrected chi connectivity index (χ3v) is 4.36. The fourth-order valence-corrected chi connectivity index (χ4v) is 3.09. The van der Waals surface area contributed by atoms with Gasteiger partial charge in [0.15, 0.2) is 0 Å². The SMILES string of the molecule is CCCCCC(C)N1Cc2ccccc2CC1C(=O)O. The van der Waals surface area contributed by atoms with Gasteiger partial charge in [0.2, 0.25) is 0 Å². The van der Waals surface area contributed by atoms with Crippen molar-refractivity contribution >= 4 is 5.97 Å². The van der Waals surface area contributed by atoms with Crippen LogP contribution >= 0.6 is 0 Å². The lowest BCUT2D eigenvalue weighted by atomic mass is 9.92. The molecule has 1 aromatic rings. The van der Waals surface area contributed by atoms with E-state index in [1.165, 1.54) is 30.4 Å². The van der Waals surface area contributed by atoms with Crippen LogP contribution in [0, 0.1) is 0 Å². The minimum Gasteiger partial charge on any atom is -0.480 e. The van der Waals surface area contributed by atoms with Gasteiger partial charge in [0.25, 0.3) is 0 Å². The maximum absolute atomic E-state index is 11.6. The maximum atomic E-state index is 11.6. The molecule has 2 atom stereocenters. The highest BCUT2D eigenvalue weighted by molar-refractivity contribution is 5.74. The Morgan fingerprint density at radius 3 is 2.70 bits per heavy atom. The highest BCUT2D eigenvalue weighted by atomic mass is 16.4. The van der Waals surface area contributed by atoms with E-state index in [0.29, 0.717) is 12.5 Å². The fourth-order valence-electron chi connectivity index (χ4n) is 3.09. The van der Waals surface area contributed by atoms with Crippen LogP contribution in [0.25, 0.3) is 0 Å². The lowest BCUT2D eigenvalue weighted by Gasteiger charge is -2.38. The number of benzene rings is 1. The molecule has 0 spiro atoms. The number of hydrogen-bond acceptors (Lipinski definition) is 2. The molecule has 0 radical (unpaired) electrons. The van der Waals surface area contributed by atoms with E-state index in [0.717, 1.165) is 13.0 Å². The predicted octanol–water partition coefficient (Wildman–Crippen LogP) is 3.47. The minimum absolute atomic E-state index is 0.330. The van der Waals surface area contributed by atoms with Crippen molar-refractivity contribution in [1.82, 2.24) is 4.90 Å². The molecule has 0 aromatic heterocycles. The van der Waals surface area contributed by atoms with Crippen LogP contribution in [0.15, 0.2) is 24.3 Å². The van der Waals surface area contributed by atoms with E-state index in [-0.39, 0.29) is 6.04 Å². The number of carboxylic acids is 1. The summed E-state index contributed by atoms with van der Waals surface area (Å²) >= 11 is 0. The lowest BCUT2D eigenvalue weighted by molar-refractivity contribution is -0.145. The second-order valence-corrected chi connectivity index (χ2v) is 5.84. The van der Waals surface area contributed by atoms with Gasteiger partial charge >= 0.3 is 5.97 Å². The van der Waals surface area contributed by atoms with Crippen LogP contribution < -0.4 is 0 Å². The molecule has 1 heterocycles. The molecule has 3 heteroatoms. The summed E-state index contributed by atoms with van der Waals surface area (Å²) in [6.45, 7) is 5.13. The van der Waals surface area contributed by atoms with Gasteiger partial charge in [-0.1, -0.05) is 50.5 Å². The highest BCUT2D eigenvalue weighted by Crippen LogP contribution is 2.26. The number of rotatable bonds is 6. The summed E-state index contributed by atoms with van der Waals surface area (Å²) in [7, 11) is 0. The van der Waals surface area contributed by atoms with Crippen molar-refractivity contribution in [3.63, 3.8) is 0 Å². The fraction of sp³-hybridized carbons (Fsp3) is 0.588. The molecule has 2 rings (SSSR count). The number of aliphatic carboxylic acids is 1. The highest BCUT2D eigenvalue weighted by Gasteiger charge is 2.33. The molecule has 1 N–H and O–H groups in total. The van der Waals surface area contributed by atoms with Gasteiger partial charge in [-0.2, -0.15) is 0 Å². The third-order valence-electron chi connectivity index (χ3n) is 4.36. The largest absolute Gasteiger partial charge is 0.480 e. The van der Waals surface area contributed by atoms with Gasteiger partial charge in [-0.05, 0) is 30.9 Å². The molecule has 0 saturated heterocycles. The first-order valence-corrected chi connectivity index (χ1v) is 7.68. The van der Waals surface area contributed by atoms with Gasteiger partial charge in [0, 0.05) is 12.6 Å². The average molecular weight is 275 g/mol. The van der Waals surface area contributed by atoms with Gasteiger partial charge in [0.1, 0.15) is 6.04 Å². The summed E-state index contributed by atoms with van der Waals surface area (Å²) in [5.74, 6) is -0.693. The summed E-state index contributed by atoms with van der Waals surface area (Å²) < 4.78 is 0. The van der Waals surface area contributed by atoms with Crippen LogP contribution in [-0.4, -0.2) is 28.1 Å². The summed E-state index contributed by atoms with van der Waals surface area (Å²) in [6.07, 6.45) is 5.33. The number of nitrogens with zero attached hydrogens (tertiary/aromatic N) is 1. The van der Waals surface area contributed by atoms with Gasteiger partial charge in [-0.25, -0.2) is 0 Å². The predicted molar refractivity (Wildman–Crippen MR) is 80.7 cm³/mol. The first-order valence-electron chi connectivity index (χ1n) is 7.68. The Morgan fingerprint density at radius 2 is 2.05 bits per heavy atom. The Kier molecular flexibility index (Phi) is 5.18. The molecular formula is C17H25NO2. The monoisotopic (exact) mass is 275 g/mol. The van der Waals surface area contributed by atoms with E-state index in [2.05, 4.69) is 30.9 Å². The molecule has 0 saturated carbocycles. The number of fused-ring (bicyclic) bond motifs is 1. The number of hydrogen-bond donors (Lipinski definition) is 1. The number of carbonyl (C=O) groups is 1. The second-order valence-electron chi connectivity index (χ2n) is 5.84. The van der Waals surface area contributed by atoms with E-state index >= 15 is 0 Å². The Morgan fingerprint density at radius 1 is 1.35 bits per heavy atom. The van der Waals surface area contributed by atoms with Crippen molar-refractivity contribution in [3.05, 3.63) is 35.4 Å². The van der Waals surface area contributed by atoms with Crippen LogP contribution in [0.4, 0.5) is 0 Å². The van der Waals surface area contributed by atoms with Gasteiger partial charge in [-0.3, -0.25) is 9.69 Å². The van der Waals surface area contributed by atoms with Crippen molar-refractivity contribution < 1.29 is 9.90 Å². The molecule has 1 aromatic carbocycles. The normalized spacial score (nSPS) is 20.4. The first-order chi connectivity index (χ1) is 9.63. The van der Waals surface area contributed by atoms with Crippen LogP contribution in [0.1, 0.15) is 50.7 Å². The maximum Gasteiger partial charge on any atom is 0.321 e. The zero-order valence-corrected chi connectivity index (χ0v) is 12.5. The van der Waals surface area contributed by atoms with E-state index in [1.807, 2.05) is 12.1 Å². The van der Waals surface area contributed by atoms with Crippen molar-refractivity contribution in [2.45, 2.75) is 64.6 Å². The molecule has 3 nitrogen and oxygen atoms in total. The summed E-state index contributed by atoms with van der Waals surface area (Å²) in [5.41, 5.74) is 2.48. The molecule has 2 unspecified atom stereocenters. The zero-order chi connectivity index (χ0) is 14.5. The molecule has 0 fully saturated rings. The standard InChI is InChI=1S/C17H25NO2/c1-3-4-5-8-13(2)18-12-15-10-7-6-9-14(15)11-16(18)17(19)20/h6-7,9-10,13,16H,3-5,8,11-12H2,1-2H3,(H,19,20). The molecule has 110 valence electrons. The Balaban J connectivity index is 2.11. The first kappa shape index (κ1) is 15.0. The summed E-state index contributed by atoms with van der Waals surface area (Å²) in [4.78, 5) is 13.7. The number of unbranched alkanes of at least 4 members (excludes halogenated alkanes) is 2. The van der Waals surface area contributed by atoms with Gasteiger partial charge in [-0.15, -0.1) is 0 Å². The topological polar surface area (TPSA) is 40.5 Å². The number of carboxylic acid groups (broad SMARTS) is 1. The van der Waals surface area contributed by atoms with Crippen molar-refractivity contribution in [3.8, 4) is 0 Å². The van der Waals surface area contributed by atoms with E-state index in [4.69, 9.17) is 0 Å². The average Bonchev–Trinajstić information content (AvgIpc) is 2.46. The Hall–Kier alpha value is -1.35. The molecule has 0 aliphatic carbocycles. The Bertz CT molecular complexity index is 458. The molecule has 0 amide bonds. The van der Waals surface area contributed by atoms with Crippen LogP contribution in [0.3, 0.4) is 0 Å². The molecule has 1 aliphatic heterocycles. The van der Waals surface area contributed by atoms with Crippen molar-refractivity contribution in [2.75, 3.05) is 0 Å². The van der Waals surface area contributed by atoms with Gasteiger partial charge in [0.05, 0.1) is 0 Å². The third kappa shape index (κ3) is 3.40. The van der Waals surface area contributed by atoms with E-state index in [9.17, 15) is 9.90 Å². The smallest absolute Gasteiger partial charge is 0.321 e. The molecule has 0 bridgehead atoms. The van der Waals surface area contributed by atoms with Crippen LogP contribution in [0.5, 0.6) is 0 Å². The molecular weight excluding hydrogens is 250 g/mol. The summed E-state index contributed by atoms with van der Waals surface area (Å²) in [5, 5.41) is 9.51.